The van der Waals surface area contributed by atoms with Crippen LogP contribution in [0.1, 0.15) is 0 Å². The van der Waals surface area contributed by atoms with E-state index in [-0.39, 0.29) is 0 Å². The maximum Gasteiger partial charge on any atom is 0.345 e. The molecule has 0 amide bonds. The van der Waals surface area contributed by atoms with Crippen LogP contribution in [0, 0.1) is 0 Å². The van der Waals surface area contributed by atoms with E-state index in [1.54, 1.807) is 182 Å². The highest BCUT2D eigenvalue weighted by Gasteiger charge is 2.69. The molecule has 0 radical (unpaired) electrons. The van der Waals surface area contributed by atoms with Gasteiger partial charge >= 0.3 is 11.8 Å². The van der Waals surface area contributed by atoms with Crippen molar-refractivity contribution >= 4 is 51.8 Å². The minimum Gasteiger partial charge on any atom is -0.206 e. The molecule has 0 aromatic heterocycles. The molecule has 248 valence electrons. The predicted molar refractivity (Wildman–Crippen MR) is 202 cm³/mol. The van der Waals surface area contributed by atoms with E-state index in [1.165, 1.54) is 0 Å². The Morgan fingerprint density at radius 1 is 0.420 bits per heavy atom. The first-order chi connectivity index (χ1) is 24.2. The van der Waals surface area contributed by atoms with Crippen LogP contribution in [0.2, 0.25) is 0 Å². The summed E-state index contributed by atoms with van der Waals surface area (Å²) in [6.07, 6.45) is 0. The van der Waals surface area contributed by atoms with Gasteiger partial charge in [-0.2, -0.15) is 17.6 Å². The minimum atomic E-state index is -4.85. The number of halogens is 5. The van der Waals surface area contributed by atoms with Gasteiger partial charge in [0.15, 0.2) is 0 Å². The molecular formula is C43H32F5P2+. The second kappa shape index (κ2) is 13.5. The maximum atomic E-state index is 17.3. The van der Waals surface area contributed by atoms with Crippen molar-refractivity contribution in [1.29, 1.82) is 0 Å². The molecule has 0 nitrogen and oxygen atoms in total. The lowest BCUT2D eigenvalue weighted by Gasteiger charge is -2.30. The zero-order valence-electron chi connectivity index (χ0n) is 26.8. The lowest BCUT2D eigenvalue weighted by atomic mass is 10.1. The third-order valence-corrected chi connectivity index (χ3v) is 17.1. The molecule has 6 aromatic carbocycles. The Bertz CT molecular complexity index is 2000. The fraction of sp³-hybridized carbons (Fsp3) is 0.0465. The molecule has 7 rings (SSSR count). The van der Waals surface area contributed by atoms with Crippen molar-refractivity contribution in [2.75, 3.05) is 0 Å². The summed E-state index contributed by atoms with van der Waals surface area (Å²) in [7, 11) is -3.28. The first-order valence-corrected chi connectivity index (χ1v) is 19.8. The largest absolute Gasteiger partial charge is 0.345 e. The first-order valence-electron chi connectivity index (χ1n) is 16.1. The van der Waals surface area contributed by atoms with Gasteiger partial charge in [-0.25, -0.2) is 4.39 Å². The van der Waals surface area contributed by atoms with Gasteiger partial charge in [0.2, 0.25) is 0 Å². The van der Waals surface area contributed by atoms with Crippen LogP contribution in [0.25, 0.3) is 0 Å². The van der Waals surface area contributed by atoms with E-state index in [0.29, 0.717) is 31.8 Å². The summed E-state index contributed by atoms with van der Waals surface area (Å²) in [6, 6.07) is 53.6. The monoisotopic (exact) mass is 705 g/mol. The summed E-state index contributed by atoms with van der Waals surface area (Å²) in [4.78, 5) is 0. The predicted octanol–water partition coefficient (Wildman–Crippen LogP) is 9.17. The van der Waals surface area contributed by atoms with Gasteiger partial charge in [0.05, 0.1) is 17.0 Å². The Morgan fingerprint density at radius 3 is 1.04 bits per heavy atom. The van der Waals surface area contributed by atoms with Gasteiger partial charge in [0, 0.05) is 0 Å². The zero-order valence-corrected chi connectivity index (χ0v) is 28.5. The van der Waals surface area contributed by atoms with Crippen molar-refractivity contribution < 1.29 is 22.0 Å². The Labute approximate surface area is 289 Å². The molecule has 6 aromatic rings. The molecule has 0 N–H and O–H groups in total. The van der Waals surface area contributed by atoms with Crippen LogP contribution in [0.4, 0.5) is 22.0 Å². The number of allylic oxidation sites excluding steroid dienone is 3. The molecule has 7 heteroatoms. The quantitative estimate of drug-likeness (QED) is 0.110. The number of benzene rings is 6. The molecule has 0 heterocycles. The first kappa shape index (κ1) is 33.7. The second-order valence-electron chi connectivity index (χ2n) is 12.0. The van der Waals surface area contributed by atoms with Crippen LogP contribution in [0.15, 0.2) is 205 Å². The molecule has 0 unspecified atom stereocenters. The SMILES string of the molecule is FC1=C(C=P(c2ccccc2)(c2ccccc2)c2ccccc2)C(F)(F)C(F)(F)/C1=C/[P+](c1ccccc1)(c1ccccc1)c1ccccc1. The minimum absolute atomic E-state index is 0.633. The van der Waals surface area contributed by atoms with E-state index < -0.39 is 43.0 Å². The van der Waals surface area contributed by atoms with E-state index in [4.69, 9.17) is 0 Å². The molecule has 0 aliphatic heterocycles. The number of hydrogen-bond acceptors (Lipinski definition) is 0. The van der Waals surface area contributed by atoms with Gasteiger partial charge in [-0.15, -0.1) is 0 Å². The van der Waals surface area contributed by atoms with Crippen LogP contribution in [0.5, 0.6) is 0 Å². The molecule has 50 heavy (non-hydrogen) atoms. The van der Waals surface area contributed by atoms with Gasteiger partial charge in [0.1, 0.15) is 29.0 Å². The van der Waals surface area contributed by atoms with Crippen molar-refractivity contribution in [3.05, 3.63) is 205 Å². The highest BCUT2D eigenvalue weighted by atomic mass is 31.2. The summed E-state index contributed by atoms with van der Waals surface area (Å²) < 4.78 is 83.9. The van der Waals surface area contributed by atoms with Crippen molar-refractivity contribution in [2.45, 2.75) is 11.8 Å². The summed E-state index contributed by atoms with van der Waals surface area (Å²) >= 11 is 0. The van der Waals surface area contributed by atoms with Crippen LogP contribution < -0.4 is 31.8 Å². The molecule has 0 saturated carbocycles. The maximum absolute atomic E-state index is 17.3. The van der Waals surface area contributed by atoms with Gasteiger partial charge in [0.25, 0.3) is 0 Å². The Balaban J connectivity index is 1.61. The van der Waals surface area contributed by atoms with E-state index in [0.717, 1.165) is 11.6 Å². The molecular weight excluding hydrogens is 673 g/mol. The Hall–Kier alpha value is -4.82. The van der Waals surface area contributed by atoms with Crippen molar-refractivity contribution in [1.82, 2.24) is 0 Å². The second-order valence-corrected chi connectivity index (χ2v) is 18.5. The van der Waals surface area contributed by atoms with E-state index in [1.807, 2.05) is 0 Å². The van der Waals surface area contributed by atoms with Crippen LogP contribution in [-0.2, 0) is 0 Å². The molecule has 1 aliphatic rings. The molecule has 0 saturated heterocycles. The lowest BCUT2D eigenvalue weighted by Crippen LogP contribution is -2.40. The van der Waals surface area contributed by atoms with Gasteiger partial charge in [-0.3, -0.25) is 0 Å². The van der Waals surface area contributed by atoms with E-state index in [2.05, 4.69) is 0 Å². The van der Waals surface area contributed by atoms with Crippen molar-refractivity contribution in [3.8, 4) is 0 Å². The molecule has 0 atom stereocenters. The standard InChI is InChI=1S/C43H32F5P2/c44-41-39(31-49(33-19-7-1-8-20-33,34-21-9-2-10-22-34)35-23-11-3-12-24-35)42(45,46)43(47,48)40(41)32-50(36-25-13-4-14-26-36,37-27-15-5-16-28-37)38-29-17-6-18-30-38/h1-32H/q+1/b39-31+. The highest BCUT2D eigenvalue weighted by Crippen LogP contribution is 2.64. The summed E-state index contributed by atoms with van der Waals surface area (Å²) in [5.74, 6) is -9.05. The average molecular weight is 706 g/mol. The summed E-state index contributed by atoms with van der Waals surface area (Å²) in [5.41, 5.74) is -2.60. The fourth-order valence-electron chi connectivity index (χ4n) is 6.74. The van der Waals surface area contributed by atoms with E-state index >= 15 is 22.0 Å². The van der Waals surface area contributed by atoms with Crippen molar-refractivity contribution in [3.63, 3.8) is 0 Å². The van der Waals surface area contributed by atoms with Gasteiger partial charge < -0.3 is 0 Å². The summed E-state index contributed by atoms with van der Waals surface area (Å²) in [5, 5.41) is 3.80. The number of rotatable bonds is 8. The Morgan fingerprint density at radius 2 is 0.720 bits per heavy atom. The number of alkyl halides is 4. The van der Waals surface area contributed by atoms with Crippen LogP contribution in [-0.4, -0.2) is 17.6 Å². The zero-order chi connectivity index (χ0) is 34.8. The average Bonchev–Trinajstić information content (AvgIpc) is 3.29. The molecule has 1 aliphatic carbocycles. The van der Waals surface area contributed by atoms with E-state index in [9.17, 15) is 0 Å². The van der Waals surface area contributed by atoms with Gasteiger partial charge in [-0.05, 0) is 65.0 Å². The molecule has 0 spiro atoms. The molecule has 0 bridgehead atoms. The van der Waals surface area contributed by atoms with Crippen LogP contribution in [0.3, 0.4) is 0 Å². The van der Waals surface area contributed by atoms with Crippen molar-refractivity contribution in [2.24, 2.45) is 0 Å². The van der Waals surface area contributed by atoms with Gasteiger partial charge in [-0.1, -0.05) is 146 Å². The highest BCUT2D eigenvalue weighted by molar-refractivity contribution is 7.98. The smallest absolute Gasteiger partial charge is 0.206 e. The van der Waals surface area contributed by atoms with Crippen LogP contribution >= 0.6 is 14.1 Å². The lowest BCUT2D eigenvalue weighted by molar-refractivity contribution is -0.147. The molecule has 0 fully saturated rings. The normalized spacial score (nSPS) is 16.4. The third-order valence-electron chi connectivity index (χ3n) is 9.17. The fourth-order valence-corrected chi connectivity index (χ4v) is 14.6. The Kier molecular flexibility index (Phi) is 9.07. The third kappa shape index (κ3) is 5.50. The topological polar surface area (TPSA) is 0 Å². The summed E-state index contributed by atoms with van der Waals surface area (Å²) in [6.45, 7) is -3.28. The number of hydrogen-bond donors (Lipinski definition) is 0.